The van der Waals surface area contributed by atoms with Crippen molar-refractivity contribution in [3.63, 3.8) is 0 Å². The molecule has 2 nitrogen and oxygen atoms in total. The monoisotopic (exact) mass is 289 g/mol. The van der Waals surface area contributed by atoms with E-state index >= 15 is 0 Å². The van der Waals surface area contributed by atoms with Crippen LogP contribution in [0.15, 0.2) is 30.3 Å². The highest BCUT2D eigenvalue weighted by atomic mass is 16.5. The van der Waals surface area contributed by atoms with Crippen LogP contribution in [-0.2, 0) is 11.2 Å². The van der Waals surface area contributed by atoms with Gasteiger partial charge >= 0.3 is 0 Å². The Morgan fingerprint density at radius 1 is 1.33 bits per heavy atom. The lowest BCUT2D eigenvalue weighted by Crippen LogP contribution is -2.52. The van der Waals surface area contributed by atoms with Gasteiger partial charge in [0.05, 0.1) is 5.60 Å². The van der Waals surface area contributed by atoms with E-state index < -0.39 is 0 Å². The van der Waals surface area contributed by atoms with Crippen molar-refractivity contribution < 1.29 is 4.74 Å². The molecule has 118 valence electrons. The van der Waals surface area contributed by atoms with Crippen LogP contribution in [0.1, 0.15) is 57.9 Å². The maximum absolute atomic E-state index is 6.57. The fourth-order valence-electron chi connectivity index (χ4n) is 3.84. The highest BCUT2D eigenvalue weighted by Crippen LogP contribution is 2.38. The number of rotatable bonds is 7. The molecule has 0 bridgehead atoms. The lowest BCUT2D eigenvalue weighted by Gasteiger charge is -2.44. The van der Waals surface area contributed by atoms with Crippen LogP contribution < -0.4 is 5.73 Å². The van der Waals surface area contributed by atoms with Gasteiger partial charge in [-0.05, 0) is 50.5 Å². The highest BCUT2D eigenvalue weighted by molar-refractivity contribution is 5.14. The van der Waals surface area contributed by atoms with Crippen LogP contribution in [0.4, 0.5) is 0 Å². The topological polar surface area (TPSA) is 35.2 Å². The molecule has 1 aromatic rings. The van der Waals surface area contributed by atoms with E-state index in [0.29, 0.717) is 0 Å². The molecule has 0 spiro atoms. The Balaban J connectivity index is 1.88. The Kier molecular flexibility index (Phi) is 6.25. The molecular weight excluding hydrogens is 258 g/mol. The van der Waals surface area contributed by atoms with Gasteiger partial charge in [0, 0.05) is 12.6 Å². The summed E-state index contributed by atoms with van der Waals surface area (Å²) in [5, 5.41) is 0. The third-order valence-electron chi connectivity index (χ3n) is 4.92. The SMILES string of the molecule is CCOC1(C(N)CCCc2ccccc2)CCCC(C)C1. The maximum atomic E-state index is 6.57. The fraction of sp³-hybridized carbons (Fsp3) is 0.684. The summed E-state index contributed by atoms with van der Waals surface area (Å²) in [6.07, 6.45) is 8.17. The van der Waals surface area contributed by atoms with Crippen LogP contribution in [0, 0.1) is 5.92 Å². The van der Waals surface area contributed by atoms with Gasteiger partial charge in [0.15, 0.2) is 0 Å². The van der Waals surface area contributed by atoms with Crippen molar-refractivity contribution in [3.05, 3.63) is 35.9 Å². The zero-order valence-electron chi connectivity index (χ0n) is 13.7. The van der Waals surface area contributed by atoms with Crippen molar-refractivity contribution >= 4 is 0 Å². The average Bonchev–Trinajstić information content (AvgIpc) is 2.48. The van der Waals surface area contributed by atoms with Gasteiger partial charge < -0.3 is 10.5 Å². The number of nitrogens with two attached hydrogens (primary N) is 1. The molecule has 0 heterocycles. The van der Waals surface area contributed by atoms with Gasteiger partial charge in [0.1, 0.15) is 0 Å². The number of hydrogen-bond donors (Lipinski definition) is 1. The smallest absolute Gasteiger partial charge is 0.0835 e. The zero-order chi connectivity index (χ0) is 15.1. The Hall–Kier alpha value is -0.860. The summed E-state index contributed by atoms with van der Waals surface area (Å²) >= 11 is 0. The van der Waals surface area contributed by atoms with Crippen LogP contribution in [-0.4, -0.2) is 18.2 Å². The summed E-state index contributed by atoms with van der Waals surface area (Å²) < 4.78 is 6.18. The molecule has 3 unspecified atom stereocenters. The number of aryl methyl sites for hydroxylation is 1. The zero-order valence-corrected chi connectivity index (χ0v) is 13.7. The molecule has 3 atom stereocenters. The Labute approximate surface area is 130 Å². The van der Waals surface area contributed by atoms with E-state index in [1.807, 2.05) is 0 Å². The van der Waals surface area contributed by atoms with Crippen molar-refractivity contribution in [1.29, 1.82) is 0 Å². The minimum atomic E-state index is -0.0664. The minimum Gasteiger partial charge on any atom is -0.374 e. The first-order chi connectivity index (χ1) is 10.2. The number of benzene rings is 1. The van der Waals surface area contributed by atoms with Crippen LogP contribution in [0.25, 0.3) is 0 Å². The summed E-state index contributed by atoms with van der Waals surface area (Å²) in [7, 11) is 0. The van der Waals surface area contributed by atoms with Crippen molar-refractivity contribution in [2.24, 2.45) is 11.7 Å². The van der Waals surface area contributed by atoms with Crippen LogP contribution in [0.2, 0.25) is 0 Å². The fourth-order valence-corrected chi connectivity index (χ4v) is 3.84. The van der Waals surface area contributed by atoms with E-state index in [2.05, 4.69) is 44.2 Å². The number of hydrogen-bond acceptors (Lipinski definition) is 2. The molecule has 1 aliphatic carbocycles. The summed E-state index contributed by atoms with van der Waals surface area (Å²) in [5.41, 5.74) is 7.91. The largest absolute Gasteiger partial charge is 0.374 e. The Morgan fingerprint density at radius 2 is 2.10 bits per heavy atom. The third-order valence-corrected chi connectivity index (χ3v) is 4.92. The highest BCUT2D eigenvalue weighted by Gasteiger charge is 2.40. The van der Waals surface area contributed by atoms with Crippen molar-refractivity contribution in [3.8, 4) is 0 Å². The molecule has 1 aromatic carbocycles. The van der Waals surface area contributed by atoms with Gasteiger partial charge in [-0.1, -0.05) is 50.1 Å². The number of ether oxygens (including phenoxy) is 1. The molecule has 0 radical (unpaired) electrons. The van der Waals surface area contributed by atoms with Crippen molar-refractivity contribution in [1.82, 2.24) is 0 Å². The molecule has 0 saturated heterocycles. The minimum absolute atomic E-state index is 0.0664. The summed E-state index contributed by atoms with van der Waals surface area (Å²) in [4.78, 5) is 0. The normalized spacial score (nSPS) is 27.5. The van der Waals surface area contributed by atoms with E-state index in [0.717, 1.165) is 44.6 Å². The first kappa shape index (κ1) is 16.5. The molecule has 1 aliphatic rings. The molecular formula is C19H31NO. The van der Waals surface area contributed by atoms with Gasteiger partial charge in [-0.3, -0.25) is 0 Å². The first-order valence-electron chi connectivity index (χ1n) is 8.60. The van der Waals surface area contributed by atoms with E-state index in [9.17, 15) is 0 Å². The van der Waals surface area contributed by atoms with Gasteiger partial charge in [0.2, 0.25) is 0 Å². The lowest BCUT2D eigenvalue weighted by atomic mass is 9.73. The van der Waals surface area contributed by atoms with Crippen LogP contribution in [0.5, 0.6) is 0 Å². The quantitative estimate of drug-likeness (QED) is 0.811. The molecule has 1 fully saturated rings. The molecule has 2 N–H and O–H groups in total. The summed E-state index contributed by atoms with van der Waals surface area (Å²) in [6.45, 7) is 5.21. The van der Waals surface area contributed by atoms with E-state index in [-0.39, 0.29) is 11.6 Å². The predicted octanol–water partition coefficient (Wildman–Crippen LogP) is 4.32. The van der Waals surface area contributed by atoms with Gasteiger partial charge in [-0.2, -0.15) is 0 Å². The standard InChI is InChI=1S/C19H31NO/c1-3-21-19(14-8-9-16(2)15-19)18(20)13-7-12-17-10-5-4-6-11-17/h4-6,10-11,16,18H,3,7-9,12-15,20H2,1-2H3. The first-order valence-corrected chi connectivity index (χ1v) is 8.60. The molecule has 0 amide bonds. The second-order valence-electron chi connectivity index (χ2n) is 6.68. The second kappa shape index (κ2) is 7.95. The van der Waals surface area contributed by atoms with E-state index in [1.165, 1.54) is 18.4 Å². The molecule has 0 aromatic heterocycles. The summed E-state index contributed by atoms with van der Waals surface area (Å²) in [5.74, 6) is 0.741. The Morgan fingerprint density at radius 3 is 2.76 bits per heavy atom. The van der Waals surface area contributed by atoms with Crippen LogP contribution in [0.3, 0.4) is 0 Å². The van der Waals surface area contributed by atoms with Crippen LogP contribution >= 0.6 is 0 Å². The Bertz CT molecular complexity index is 401. The van der Waals surface area contributed by atoms with Gasteiger partial charge in [-0.25, -0.2) is 0 Å². The maximum Gasteiger partial charge on any atom is 0.0835 e. The molecule has 2 heteroatoms. The lowest BCUT2D eigenvalue weighted by molar-refractivity contribution is -0.0942. The molecule has 21 heavy (non-hydrogen) atoms. The predicted molar refractivity (Wildman–Crippen MR) is 89.3 cm³/mol. The third kappa shape index (κ3) is 4.55. The summed E-state index contributed by atoms with van der Waals surface area (Å²) in [6, 6.07) is 10.9. The van der Waals surface area contributed by atoms with Crippen molar-refractivity contribution in [2.75, 3.05) is 6.61 Å². The van der Waals surface area contributed by atoms with Gasteiger partial charge in [-0.15, -0.1) is 0 Å². The van der Waals surface area contributed by atoms with Gasteiger partial charge in [0.25, 0.3) is 0 Å². The van der Waals surface area contributed by atoms with E-state index in [1.54, 1.807) is 0 Å². The molecule has 2 rings (SSSR count). The van der Waals surface area contributed by atoms with E-state index in [4.69, 9.17) is 10.5 Å². The average molecular weight is 289 g/mol. The van der Waals surface area contributed by atoms with Crippen molar-refractivity contribution in [2.45, 2.75) is 70.4 Å². The molecule has 0 aliphatic heterocycles. The second-order valence-corrected chi connectivity index (χ2v) is 6.68. The molecule has 1 saturated carbocycles.